The highest BCUT2D eigenvalue weighted by Crippen LogP contribution is 2.37. The molecule has 2 aliphatic rings. The second-order valence-electron chi connectivity index (χ2n) is 16.1. The lowest BCUT2D eigenvalue weighted by Crippen LogP contribution is -2.54. The molecule has 4 aromatic carbocycles. The number of para-hydroxylation sites is 4. The first-order valence-electron chi connectivity index (χ1n) is 21.8. The Hall–Kier alpha value is -6.10. The van der Waals surface area contributed by atoms with E-state index in [0.717, 1.165) is 36.8 Å². The molecule has 4 heterocycles. The Bertz CT molecular complexity index is 2900. The zero-order valence-corrected chi connectivity index (χ0v) is 38.2. The lowest BCUT2D eigenvalue weighted by Gasteiger charge is -2.34. The van der Waals surface area contributed by atoms with Crippen molar-refractivity contribution in [2.45, 2.75) is 83.7 Å². The summed E-state index contributed by atoms with van der Waals surface area (Å²) in [6.07, 6.45) is 5.11. The van der Waals surface area contributed by atoms with Gasteiger partial charge in [0, 0.05) is 39.5 Å². The number of benzene rings is 4. The minimum Gasteiger partial charge on any atom is -0.494 e. The van der Waals surface area contributed by atoms with E-state index in [9.17, 15) is 31.2 Å². The normalized spacial score (nSPS) is 15.9. The maximum atomic E-state index is 13.3. The third-order valence-corrected chi connectivity index (χ3v) is 17.2. The third-order valence-electron chi connectivity index (χ3n) is 12.1. The van der Waals surface area contributed by atoms with Crippen molar-refractivity contribution in [3.05, 3.63) is 114 Å². The van der Waals surface area contributed by atoms with E-state index >= 15 is 0 Å². The average molecular weight is 964 g/mol. The summed E-state index contributed by atoms with van der Waals surface area (Å²) in [7, 11) is -8.12. The Labute approximate surface area is 386 Å². The molecule has 67 heavy (non-hydrogen) atoms. The highest BCUT2D eigenvalue weighted by atomic mass is 32.2. The number of sulfone groups is 2. The van der Waals surface area contributed by atoms with E-state index in [0.29, 0.717) is 48.8 Å². The number of nitrogens with one attached hydrogen (secondary N) is 2. The number of aryl methyl sites for hydroxylation is 2. The number of hydroxylamine groups is 2. The zero-order valence-electron chi connectivity index (χ0n) is 36.6. The van der Waals surface area contributed by atoms with Crippen LogP contribution in [0.25, 0.3) is 22.1 Å². The second kappa shape index (κ2) is 21.7. The number of unbranched alkanes of at least 4 members (excludes halogenated alkanes) is 2. The Balaban J connectivity index is 0.000000199. The molecule has 19 nitrogen and oxygen atoms in total. The van der Waals surface area contributed by atoms with E-state index in [1.807, 2.05) is 36.7 Å². The molecular formula is C46H53N5O14S2. The lowest BCUT2D eigenvalue weighted by atomic mass is 9.98. The van der Waals surface area contributed by atoms with Crippen molar-refractivity contribution in [1.82, 2.24) is 25.1 Å². The maximum Gasteiger partial charge on any atom is 0.419 e. The van der Waals surface area contributed by atoms with Gasteiger partial charge in [-0.3, -0.25) is 24.6 Å². The minimum atomic E-state index is -4.09. The van der Waals surface area contributed by atoms with Crippen molar-refractivity contribution in [3.63, 3.8) is 0 Å². The summed E-state index contributed by atoms with van der Waals surface area (Å²) in [5.41, 5.74) is 6.38. The molecule has 6 aromatic rings. The number of hydrogen-bond donors (Lipinski definition) is 4. The molecule has 358 valence electrons. The van der Waals surface area contributed by atoms with Crippen molar-refractivity contribution >= 4 is 53.6 Å². The van der Waals surface area contributed by atoms with Crippen LogP contribution in [0.3, 0.4) is 0 Å². The monoisotopic (exact) mass is 963 g/mol. The Kier molecular flexibility index (Phi) is 15.8. The number of amides is 2. The SMILES string of the molecule is O=C(NO)C1(S(=O)(=O)c2ccc(OCCCCCn3cnc4ccccc43)cc2)CCOCC1.O=C(NO)C1(S(=O)(=O)c2ccc(OCCCn3c(=O)oc4ccccc43)cc2)CCOCC1. The first kappa shape index (κ1) is 48.8. The highest BCUT2D eigenvalue weighted by Gasteiger charge is 2.53. The number of imidazole rings is 1. The number of hydrogen-bond acceptors (Lipinski definition) is 15. The van der Waals surface area contributed by atoms with Gasteiger partial charge in [0.25, 0.3) is 11.8 Å². The molecule has 21 heteroatoms. The van der Waals surface area contributed by atoms with Gasteiger partial charge in [0.2, 0.25) is 0 Å². The van der Waals surface area contributed by atoms with Gasteiger partial charge in [-0.15, -0.1) is 0 Å². The quantitative estimate of drug-likeness (QED) is 0.0502. The smallest absolute Gasteiger partial charge is 0.419 e. The average Bonchev–Trinajstić information content (AvgIpc) is 3.93. The van der Waals surface area contributed by atoms with E-state index < -0.39 is 46.7 Å². The Morgan fingerprint density at radius 2 is 1.12 bits per heavy atom. The van der Waals surface area contributed by atoms with Crippen LogP contribution in [0.2, 0.25) is 0 Å². The number of oxazole rings is 1. The topological polar surface area (TPSA) is 257 Å². The van der Waals surface area contributed by atoms with E-state index in [1.54, 1.807) is 24.3 Å². The van der Waals surface area contributed by atoms with E-state index in [1.165, 1.54) is 51.9 Å². The minimum absolute atomic E-state index is 0.0120. The van der Waals surface area contributed by atoms with Crippen molar-refractivity contribution in [3.8, 4) is 11.5 Å². The van der Waals surface area contributed by atoms with Gasteiger partial charge in [-0.25, -0.2) is 37.6 Å². The number of aromatic nitrogens is 3. The van der Waals surface area contributed by atoms with Crippen LogP contribution in [0.5, 0.6) is 11.5 Å². The molecule has 2 aromatic heterocycles. The largest absolute Gasteiger partial charge is 0.494 e. The summed E-state index contributed by atoms with van der Waals surface area (Å²) in [5, 5.41) is 18.3. The summed E-state index contributed by atoms with van der Waals surface area (Å²) >= 11 is 0. The van der Waals surface area contributed by atoms with Crippen LogP contribution in [0.4, 0.5) is 0 Å². The Morgan fingerprint density at radius 3 is 1.66 bits per heavy atom. The zero-order chi connectivity index (χ0) is 47.5. The molecule has 0 unspecified atom stereocenters. The molecule has 0 aliphatic carbocycles. The fraction of sp³-hybridized carbons (Fsp3) is 0.391. The van der Waals surface area contributed by atoms with Gasteiger partial charge in [-0.05, 0) is 124 Å². The molecule has 2 fully saturated rings. The van der Waals surface area contributed by atoms with Crippen molar-refractivity contribution < 1.29 is 60.2 Å². The predicted molar refractivity (Wildman–Crippen MR) is 242 cm³/mol. The number of carbonyl (C=O) groups excluding carboxylic acids is 2. The Morgan fingerprint density at radius 1 is 0.627 bits per heavy atom. The molecule has 8 rings (SSSR count). The maximum absolute atomic E-state index is 13.3. The summed E-state index contributed by atoms with van der Waals surface area (Å²) < 4.78 is 80.2. The third kappa shape index (κ3) is 10.4. The number of carbonyl (C=O) groups is 2. The lowest BCUT2D eigenvalue weighted by molar-refractivity contribution is -0.135. The molecule has 2 amide bonds. The second-order valence-corrected chi connectivity index (χ2v) is 20.6. The summed E-state index contributed by atoms with van der Waals surface area (Å²) in [6, 6.07) is 27.1. The summed E-state index contributed by atoms with van der Waals surface area (Å²) in [6.45, 7) is 2.57. The molecule has 0 radical (unpaired) electrons. The molecule has 2 saturated heterocycles. The van der Waals surface area contributed by atoms with Crippen LogP contribution in [0.15, 0.2) is 122 Å². The molecule has 2 aliphatic heterocycles. The fourth-order valence-corrected chi connectivity index (χ4v) is 12.2. The number of ether oxygens (including phenoxy) is 4. The van der Waals surface area contributed by atoms with Gasteiger partial charge >= 0.3 is 5.76 Å². The van der Waals surface area contributed by atoms with Crippen LogP contribution in [-0.4, -0.2) is 102 Å². The number of nitrogens with zero attached hydrogens (tertiary/aromatic N) is 3. The highest BCUT2D eigenvalue weighted by molar-refractivity contribution is 7.94. The molecule has 4 N–H and O–H groups in total. The molecular weight excluding hydrogens is 911 g/mol. The number of fused-ring (bicyclic) bond motifs is 2. The van der Waals surface area contributed by atoms with Gasteiger partial charge in [0.05, 0.1) is 45.9 Å². The molecule has 0 bridgehead atoms. The van der Waals surface area contributed by atoms with E-state index in [-0.39, 0.29) is 61.9 Å². The van der Waals surface area contributed by atoms with Gasteiger partial charge in [0.1, 0.15) is 11.5 Å². The van der Waals surface area contributed by atoms with Crippen molar-refractivity contribution in [2.75, 3.05) is 39.6 Å². The van der Waals surface area contributed by atoms with Crippen LogP contribution in [0.1, 0.15) is 51.4 Å². The van der Waals surface area contributed by atoms with Gasteiger partial charge < -0.3 is 27.9 Å². The fourth-order valence-electron chi connectivity index (χ4n) is 8.30. The molecule has 0 saturated carbocycles. The molecule has 0 spiro atoms. The van der Waals surface area contributed by atoms with Gasteiger partial charge in [-0.1, -0.05) is 24.3 Å². The van der Waals surface area contributed by atoms with E-state index in [4.69, 9.17) is 33.8 Å². The first-order valence-corrected chi connectivity index (χ1v) is 24.8. The van der Waals surface area contributed by atoms with Crippen molar-refractivity contribution in [1.29, 1.82) is 0 Å². The van der Waals surface area contributed by atoms with Crippen LogP contribution >= 0.6 is 0 Å². The summed E-state index contributed by atoms with van der Waals surface area (Å²) in [5.74, 6) is -1.31. The standard InChI is InChI=1S/C24H29N3O6S.C22H24N2O8S/c28-23(26-29)24(12-16-32-17-13-24)34(30,31)20-10-8-19(9-11-20)33-15-5-1-4-14-27-18-25-21-6-2-3-7-22(21)27;25-20(23-27)22(10-14-30-15-11-22)33(28,29)17-8-6-16(7-9-17)31-13-3-12-24-18-4-1-2-5-19(18)32-21(24)26/h2-3,6-11,18,29H,1,4-5,12-17H2,(H,26,28);1-2,4-9,27H,3,10-15H2,(H,23,25). The van der Waals surface area contributed by atoms with Crippen LogP contribution in [-0.2, 0) is 51.8 Å². The van der Waals surface area contributed by atoms with Gasteiger partial charge in [0.15, 0.2) is 34.8 Å². The van der Waals surface area contributed by atoms with Crippen LogP contribution < -0.4 is 26.2 Å². The molecule has 0 atom stereocenters. The summed E-state index contributed by atoms with van der Waals surface area (Å²) in [4.78, 5) is 41.0. The van der Waals surface area contributed by atoms with Crippen molar-refractivity contribution in [2.24, 2.45) is 0 Å². The van der Waals surface area contributed by atoms with Crippen LogP contribution in [0, 0.1) is 0 Å². The predicted octanol–water partition coefficient (Wildman–Crippen LogP) is 5.01. The van der Waals surface area contributed by atoms with Gasteiger partial charge in [-0.2, -0.15) is 0 Å². The van der Waals surface area contributed by atoms with E-state index in [2.05, 4.69) is 15.6 Å². The first-order chi connectivity index (χ1) is 32.4. The number of rotatable bonds is 18.